The van der Waals surface area contributed by atoms with E-state index in [0.717, 1.165) is 43.2 Å². The molecule has 1 saturated heterocycles. The van der Waals surface area contributed by atoms with E-state index in [1.807, 2.05) is 26.0 Å². The largest absolute Gasteiger partial charge is 0.481 e. The Bertz CT molecular complexity index is 1670. The van der Waals surface area contributed by atoms with Crippen molar-refractivity contribution in [3.63, 3.8) is 0 Å². The molecule has 6 rings (SSSR count). The summed E-state index contributed by atoms with van der Waals surface area (Å²) >= 11 is 0. The number of nitrogens with two attached hydrogens (primary N) is 1. The van der Waals surface area contributed by atoms with Crippen LogP contribution in [-0.2, 0) is 30.5 Å². The molecule has 2 aromatic rings. The second-order valence-electron chi connectivity index (χ2n) is 15.6. The van der Waals surface area contributed by atoms with Crippen LogP contribution in [0, 0.1) is 30.1 Å². The topological polar surface area (TPSA) is 157 Å². The van der Waals surface area contributed by atoms with E-state index in [1.54, 1.807) is 31.2 Å². The second-order valence-corrected chi connectivity index (χ2v) is 17.5. The van der Waals surface area contributed by atoms with Crippen molar-refractivity contribution in [1.29, 1.82) is 0 Å². The number of carbonyl (C=O) groups excluding carboxylic acids is 3. The Morgan fingerprint density at radius 3 is 2.26 bits per heavy atom. The second kappa shape index (κ2) is 14.7. The van der Waals surface area contributed by atoms with Crippen LogP contribution >= 0.6 is 0 Å². The number of carbonyl (C=O) groups is 3. The molecule has 0 radical (unpaired) electrons. The van der Waals surface area contributed by atoms with Crippen LogP contribution in [0.2, 0.25) is 0 Å². The zero-order valence-corrected chi connectivity index (χ0v) is 31.2. The average Bonchev–Trinajstić information content (AvgIpc) is 3.42. The first kappa shape index (κ1) is 37.8. The number of nitrogens with one attached hydrogen (secondary N) is 2. The third-order valence-electron chi connectivity index (χ3n) is 11.2. The zero-order chi connectivity index (χ0) is 36.6. The van der Waals surface area contributed by atoms with Crippen LogP contribution in [0.5, 0.6) is 0 Å². The lowest BCUT2D eigenvalue weighted by molar-refractivity contribution is -0.199. The summed E-state index contributed by atoms with van der Waals surface area (Å²) in [5.74, 6) is -0.906. The Morgan fingerprint density at radius 1 is 1.02 bits per heavy atom. The highest BCUT2D eigenvalue weighted by atomic mass is 32.2. The molecule has 11 nitrogen and oxygen atoms in total. The molecule has 2 bridgehead atoms. The first-order valence-electron chi connectivity index (χ1n) is 17.9. The number of nitrogens with zero attached hydrogens (tertiary/aromatic N) is 1. The van der Waals surface area contributed by atoms with Gasteiger partial charge in [0.15, 0.2) is 0 Å². The van der Waals surface area contributed by atoms with E-state index >= 15 is 0 Å². The SMILES string of the molecule is CCCCc1ccc(C(=O)N[C@@H](CN(C(N)=O)S(=O)(=O)c2ccc(C)cc2)C(=O)N[C@@H](CC(C)C)B2O[C@@H]3C[C@@H]4C[C@@H](C4(C)C)[C@]3(C)O2)cc1. The fourth-order valence-electron chi connectivity index (χ4n) is 8.05. The molecule has 0 aromatic heterocycles. The number of amides is 4. The van der Waals surface area contributed by atoms with Gasteiger partial charge in [0.1, 0.15) is 6.04 Å². The summed E-state index contributed by atoms with van der Waals surface area (Å²) in [5, 5.41) is 5.72. The van der Waals surface area contributed by atoms with E-state index in [4.69, 9.17) is 15.0 Å². The van der Waals surface area contributed by atoms with Crippen molar-refractivity contribution in [3.8, 4) is 0 Å². The molecule has 3 aliphatic carbocycles. The molecule has 2 aromatic carbocycles. The number of sulfonamides is 1. The Kier molecular flexibility index (Phi) is 11.1. The van der Waals surface area contributed by atoms with Crippen molar-refractivity contribution in [2.45, 2.75) is 116 Å². The Morgan fingerprint density at radius 2 is 1.68 bits per heavy atom. The Balaban J connectivity index is 1.42. The summed E-state index contributed by atoms with van der Waals surface area (Å²) in [6, 6.07) is 10.2. The van der Waals surface area contributed by atoms with Crippen LogP contribution in [0.1, 0.15) is 95.1 Å². The molecule has 272 valence electrons. The van der Waals surface area contributed by atoms with Gasteiger partial charge >= 0.3 is 13.1 Å². The fourth-order valence-corrected chi connectivity index (χ4v) is 9.37. The monoisotopic (exact) mass is 708 g/mol. The third kappa shape index (κ3) is 7.60. The number of primary amides is 1. The molecule has 4 amide bonds. The standard InChI is InChI=1S/C37H53BN4O7S/c1-8-9-10-25-13-15-26(16-14-25)33(43)40-29(22-42(35(39)45)50(46,47)28-17-11-24(4)12-18-28)34(44)41-32(19-23(2)3)38-48-31-21-27-20-30(36(27,5)6)37(31,7)49-38/h11-18,23,27,29-32H,8-10,19-22H2,1-7H3,(H2,39,45)(H,40,43)(H,41,44)/t27-,29-,30-,31+,32-,37-/m0/s1. The smallest absolute Gasteiger partial charge is 0.404 e. The lowest BCUT2D eigenvalue weighted by Gasteiger charge is -2.64. The molecular weight excluding hydrogens is 655 g/mol. The van der Waals surface area contributed by atoms with E-state index < -0.39 is 59.1 Å². The Hall–Kier alpha value is -3.42. The highest BCUT2D eigenvalue weighted by Crippen LogP contribution is 2.65. The normalized spacial score (nSPS) is 24.9. The van der Waals surface area contributed by atoms with Crippen molar-refractivity contribution in [2.75, 3.05) is 6.54 Å². The van der Waals surface area contributed by atoms with Gasteiger partial charge in [0, 0.05) is 5.56 Å². The van der Waals surface area contributed by atoms with Crippen LogP contribution in [0.15, 0.2) is 53.4 Å². The fraction of sp³-hybridized carbons (Fsp3) is 0.595. The molecule has 4 fully saturated rings. The summed E-state index contributed by atoms with van der Waals surface area (Å²) in [6.45, 7) is 13.9. The lowest BCUT2D eigenvalue weighted by atomic mass is 9.43. The molecule has 50 heavy (non-hydrogen) atoms. The zero-order valence-electron chi connectivity index (χ0n) is 30.4. The van der Waals surface area contributed by atoms with E-state index in [2.05, 4.69) is 38.3 Å². The molecule has 3 saturated carbocycles. The molecule has 0 unspecified atom stereocenters. The van der Waals surface area contributed by atoms with Crippen molar-refractivity contribution in [1.82, 2.24) is 14.9 Å². The van der Waals surface area contributed by atoms with Gasteiger partial charge in [0.05, 0.1) is 29.1 Å². The molecular formula is C37H53BN4O7S. The van der Waals surface area contributed by atoms with Gasteiger partial charge in [0.25, 0.3) is 15.9 Å². The van der Waals surface area contributed by atoms with E-state index in [1.165, 1.54) is 12.1 Å². The number of aryl methyl sites for hydroxylation is 2. The van der Waals surface area contributed by atoms with Crippen LogP contribution in [0.4, 0.5) is 4.79 Å². The maximum absolute atomic E-state index is 14.3. The van der Waals surface area contributed by atoms with Gasteiger partial charge in [-0.25, -0.2) is 17.5 Å². The minimum absolute atomic E-state index is 0.114. The summed E-state index contributed by atoms with van der Waals surface area (Å²) < 4.78 is 41.1. The van der Waals surface area contributed by atoms with Crippen molar-refractivity contribution in [3.05, 3.63) is 65.2 Å². The number of rotatable bonds is 14. The number of hydrogen-bond acceptors (Lipinski definition) is 7. The van der Waals surface area contributed by atoms with Crippen molar-refractivity contribution >= 4 is 35.0 Å². The van der Waals surface area contributed by atoms with Gasteiger partial charge in [-0.2, -0.15) is 0 Å². The maximum Gasteiger partial charge on any atom is 0.481 e. The highest BCUT2D eigenvalue weighted by Gasteiger charge is 2.68. The van der Waals surface area contributed by atoms with Crippen molar-refractivity contribution in [2.24, 2.45) is 28.9 Å². The molecule has 1 aliphatic heterocycles. The third-order valence-corrected chi connectivity index (χ3v) is 13.0. The van der Waals surface area contributed by atoms with Gasteiger partial charge in [-0.1, -0.05) is 70.9 Å². The van der Waals surface area contributed by atoms with Gasteiger partial charge in [-0.15, -0.1) is 0 Å². The molecule has 0 spiro atoms. The van der Waals surface area contributed by atoms with Gasteiger partial charge in [-0.3, -0.25) is 9.59 Å². The van der Waals surface area contributed by atoms with E-state index in [-0.39, 0.29) is 27.9 Å². The minimum atomic E-state index is -4.48. The summed E-state index contributed by atoms with van der Waals surface area (Å²) in [4.78, 5) is 40.4. The predicted octanol–water partition coefficient (Wildman–Crippen LogP) is 5.00. The van der Waals surface area contributed by atoms with Gasteiger partial charge in [0.2, 0.25) is 5.91 Å². The summed E-state index contributed by atoms with van der Waals surface area (Å²) in [7, 11) is -5.23. The van der Waals surface area contributed by atoms with Crippen LogP contribution in [0.25, 0.3) is 0 Å². The number of hydrogen-bond donors (Lipinski definition) is 3. The quantitative estimate of drug-likeness (QED) is 0.233. The first-order chi connectivity index (χ1) is 23.5. The van der Waals surface area contributed by atoms with Gasteiger partial charge in [-0.05, 0) is 98.9 Å². The number of unbranched alkanes of at least 4 members (excludes halogenated alkanes) is 1. The van der Waals surface area contributed by atoms with Crippen LogP contribution in [-0.4, -0.2) is 67.9 Å². The predicted molar refractivity (Wildman–Crippen MR) is 192 cm³/mol. The molecule has 6 atom stereocenters. The maximum atomic E-state index is 14.3. The van der Waals surface area contributed by atoms with E-state index in [0.29, 0.717) is 22.6 Å². The molecule has 4 aliphatic rings. The number of urea groups is 1. The summed E-state index contributed by atoms with van der Waals surface area (Å²) in [5.41, 5.74) is 7.45. The average molecular weight is 709 g/mol. The summed E-state index contributed by atoms with van der Waals surface area (Å²) in [6.07, 6.45) is 5.25. The lowest BCUT2D eigenvalue weighted by Crippen LogP contribution is -2.65. The molecule has 1 heterocycles. The molecule has 4 N–H and O–H groups in total. The minimum Gasteiger partial charge on any atom is -0.404 e. The first-order valence-corrected chi connectivity index (χ1v) is 19.3. The van der Waals surface area contributed by atoms with Crippen LogP contribution < -0.4 is 16.4 Å². The van der Waals surface area contributed by atoms with Crippen molar-refractivity contribution < 1.29 is 32.1 Å². The van der Waals surface area contributed by atoms with E-state index in [9.17, 15) is 22.8 Å². The Labute approximate surface area is 297 Å². The van der Waals surface area contributed by atoms with Gasteiger partial charge < -0.3 is 25.7 Å². The highest BCUT2D eigenvalue weighted by molar-refractivity contribution is 7.89. The number of benzene rings is 2. The van der Waals surface area contributed by atoms with Crippen LogP contribution in [0.3, 0.4) is 0 Å². The molecule has 13 heteroatoms.